The van der Waals surface area contributed by atoms with Crippen molar-refractivity contribution in [3.05, 3.63) is 35.9 Å². The van der Waals surface area contributed by atoms with Crippen LogP contribution in [-0.4, -0.2) is 36.4 Å². The van der Waals surface area contributed by atoms with Gasteiger partial charge in [0.05, 0.1) is 13.1 Å². The van der Waals surface area contributed by atoms with Gasteiger partial charge in [-0.1, -0.05) is 30.3 Å². The molecule has 1 aromatic carbocycles. The normalized spacial score (nSPS) is 16.8. The highest BCUT2D eigenvalue weighted by Crippen LogP contribution is 2.01. The van der Waals surface area contributed by atoms with Gasteiger partial charge in [-0.25, -0.2) is 4.99 Å². The molecule has 0 bridgehead atoms. The van der Waals surface area contributed by atoms with Crippen LogP contribution in [0.3, 0.4) is 0 Å². The number of amides is 1. The number of carbonyl (C=O) groups is 1. The maximum Gasteiger partial charge on any atom is 0.239 e. The Labute approximate surface area is 100 Å². The Morgan fingerprint density at radius 3 is 2.88 bits per heavy atom. The average Bonchev–Trinajstić information content (AvgIpc) is 2.37. The van der Waals surface area contributed by atoms with E-state index in [2.05, 4.69) is 10.3 Å². The van der Waals surface area contributed by atoms with Crippen molar-refractivity contribution in [3.8, 4) is 0 Å². The monoisotopic (exact) mass is 232 g/mol. The first-order chi connectivity index (χ1) is 8.25. The maximum absolute atomic E-state index is 11.2. The summed E-state index contributed by atoms with van der Waals surface area (Å²) in [5, 5.41) is 2.75. The van der Waals surface area contributed by atoms with E-state index in [9.17, 15) is 4.79 Å². The van der Waals surface area contributed by atoms with Gasteiger partial charge in [-0.3, -0.25) is 4.79 Å². The smallest absolute Gasteiger partial charge is 0.239 e. The Bertz CT molecular complexity index is 416. The zero-order chi connectivity index (χ0) is 12.1. The molecule has 0 unspecified atom stereocenters. The van der Waals surface area contributed by atoms with Gasteiger partial charge in [-0.15, -0.1) is 0 Å². The minimum atomic E-state index is -0.00545. The van der Waals surface area contributed by atoms with Crippen LogP contribution in [0.15, 0.2) is 35.3 Å². The quantitative estimate of drug-likeness (QED) is 0.554. The number of nitrogens with zero attached hydrogens (tertiary/aromatic N) is 2. The van der Waals surface area contributed by atoms with Gasteiger partial charge in [0.15, 0.2) is 5.96 Å². The molecule has 5 heteroatoms. The maximum atomic E-state index is 11.2. The number of hydrogen-bond acceptors (Lipinski definition) is 2. The van der Waals surface area contributed by atoms with E-state index in [1.807, 2.05) is 30.3 Å². The Balaban J connectivity index is 1.95. The van der Waals surface area contributed by atoms with Crippen LogP contribution in [0.25, 0.3) is 0 Å². The van der Waals surface area contributed by atoms with Crippen LogP contribution in [0, 0.1) is 0 Å². The number of aliphatic imine (C=N–C) groups is 1. The van der Waals surface area contributed by atoms with Crippen LogP contribution in [-0.2, 0) is 11.3 Å². The van der Waals surface area contributed by atoms with Gasteiger partial charge in [-0.05, 0) is 5.56 Å². The number of rotatable bonds is 2. The first-order valence-electron chi connectivity index (χ1n) is 5.61. The molecule has 3 N–H and O–H groups in total. The van der Waals surface area contributed by atoms with Crippen LogP contribution < -0.4 is 11.1 Å². The van der Waals surface area contributed by atoms with Crippen LogP contribution in [0.5, 0.6) is 0 Å². The van der Waals surface area contributed by atoms with Crippen LogP contribution in [0.4, 0.5) is 0 Å². The summed E-state index contributed by atoms with van der Waals surface area (Å²) < 4.78 is 0. The summed E-state index contributed by atoms with van der Waals surface area (Å²) in [6.45, 7) is 2.19. The van der Waals surface area contributed by atoms with Gasteiger partial charge in [0.1, 0.15) is 0 Å². The minimum absolute atomic E-state index is 0.00545. The fourth-order valence-corrected chi connectivity index (χ4v) is 1.69. The number of nitrogens with one attached hydrogen (secondary N) is 1. The first-order valence-corrected chi connectivity index (χ1v) is 5.61. The van der Waals surface area contributed by atoms with Gasteiger partial charge in [-0.2, -0.15) is 0 Å². The van der Waals surface area contributed by atoms with Crippen molar-refractivity contribution < 1.29 is 4.79 Å². The molecule has 2 rings (SSSR count). The highest BCUT2D eigenvalue weighted by molar-refractivity contribution is 5.86. The standard InChI is InChI=1S/C12H16N4O/c13-12(16-7-6-14-11(17)9-16)15-8-10-4-2-1-3-5-10/h1-5H,6-9H2,(H2,13,15)(H,14,17). The van der Waals surface area contributed by atoms with E-state index in [0.29, 0.717) is 25.6 Å². The fraction of sp³-hybridized carbons (Fsp3) is 0.333. The molecule has 0 aromatic heterocycles. The van der Waals surface area contributed by atoms with Crippen molar-refractivity contribution >= 4 is 11.9 Å². The molecule has 1 fully saturated rings. The molecule has 1 aliphatic rings. The average molecular weight is 232 g/mol. The Morgan fingerprint density at radius 1 is 1.41 bits per heavy atom. The Morgan fingerprint density at radius 2 is 2.18 bits per heavy atom. The molecule has 1 amide bonds. The molecular formula is C12H16N4O. The highest BCUT2D eigenvalue weighted by atomic mass is 16.2. The van der Waals surface area contributed by atoms with Crippen LogP contribution in [0.1, 0.15) is 5.56 Å². The molecule has 0 spiro atoms. The van der Waals surface area contributed by atoms with E-state index in [1.165, 1.54) is 0 Å². The molecule has 17 heavy (non-hydrogen) atoms. The summed E-state index contributed by atoms with van der Waals surface area (Å²) in [4.78, 5) is 17.3. The largest absolute Gasteiger partial charge is 0.370 e. The van der Waals surface area contributed by atoms with Crippen molar-refractivity contribution in [3.63, 3.8) is 0 Å². The van der Waals surface area contributed by atoms with E-state index >= 15 is 0 Å². The molecule has 0 atom stereocenters. The van der Waals surface area contributed by atoms with Gasteiger partial charge in [0.2, 0.25) is 5.91 Å². The first kappa shape index (κ1) is 11.4. The Kier molecular flexibility index (Phi) is 3.59. The van der Waals surface area contributed by atoms with Crippen molar-refractivity contribution in [2.24, 2.45) is 10.7 Å². The number of carbonyl (C=O) groups excluding carboxylic acids is 1. The van der Waals surface area contributed by atoms with E-state index in [1.54, 1.807) is 4.90 Å². The number of benzene rings is 1. The van der Waals surface area contributed by atoms with Gasteiger partial charge < -0.3 is 16.0 Å². The third-order valence-corrected chi connectivity index (χ3v) is 2.63. The minimum Gasteiger partial charge on any atom is -0.370 e. The summed E-state index contributed by atoms with van der Waals surface area (Å²) in [6.07, 6.45) is 0. The van der Waals surface area contributed by atoms with Gasteiger partial charge >= 0.3 is 0 Å². The number of piperazine rings is 1. The van der Waals surface area contributed by atoms with Crippen molar-refractivity contribution in [2.75, 3.05) is 19.6 Å². The lowest BCUT2D eigenvalue weighted by Crippen LogP contribution is -2.52. The van der Waals surface area contributed by atoms with Gasteiger partial charge in [0, 0.05) is 13.1 Å². The third kappa shape index (κ3) is 3.21. The number of guanidine groups is 1. The van der Waals surface area contributed by atoms with Crippen molar-refractivity contribution in [1.82, 2.24) is 10.2 Å². The summed E-state index contributed by atoms with van der Waals surface area (Å²) in [5.41, 5.74) is 6.96. The molecule has 1 aliphatic heterocycles. The Hall–Kier alpha value is -2.04. The topological polar surface area (TPSA) is 70.7 Å². The van der Waals surface area contributed by atoms with E-state index < -0.39 is 0 Å². The predicted molar refractivity (Wildman–Crippen MR) is 66.4 cm³/mol. The lowest BCUT2D eigenvalue weighted by Gasteiger charge is -2.27. The summed E-state index contributed by atoms with van der Waals surface area (Å²) >= 11 is 0. The number of nitrogens with two attached hydrogens (primary N) is 1. The molecule has 5 nitrogen and oxygen atoms in total. The zero-order valence-electron chi connectivity index (χ0n) is 9.60. The molecule has 1 saturated heterocycles. The fourth-order valence-electron chi connectivity index (χ4n) is 1.69. The van der Waals surface area contributed by atoms with E-state index in [-0.39, 0.29) is 5.91 Å². The zero-order valence-corrected chi connectivity index (χ0v) is 9.60. The second-order valence-electron chi connectivity index (χ2n) is 3.93. The summed E-state index contributed by atoms with van der Waals surface area (Å²) in [5.74, 6) is 0.429. The molecular weight excluding hydrogens is 216 g/mol. The van der Waals surface area contributed by atoms with E-state index in [0.717, 1.165) is 12.1 Å². The third-order valence-electron chi connectivity index (χ3n) is 2.63. The van der Waals surface area contributed by atoms with Crippen LogP contribution >= 0.6 is 0 Å². The predicted octanol–water partition coefficient (Wildman–Crippen LogP) is -0.0669. The van der Waals surface area contributed by atoms with Crippen molar-refractivity contribution in [2.45, 2.75) is 6.54 Å². The number of hydrogen-bond donors (Lipinski definition) is 2. The molecule has 1 heterocycles. The van der Waals surface area contributed by atoms with Crippen LogP contribution in [0.2, 0.25) is 0 Å². The second-order valence-corrected chi connectivity index (χ2v) is 3.93. The molecule has 0 aliphatic carbocycles. The molecule has 1 aromatic rings. The van der Waals surface area contributed by atoms with Crippen molar-refractivity contribution in [1.29, 1.82) is 0 Å². The summed E-state index contributed by atoms with van der Waals surface area (Å²) in [6, 6.07) is 9.90. The summed E-state index contributed by atoms with van der Waals surface area (Å²) in [7, 11) is 0. The van der Waals surface area contributed by atoms with Gasteiger partial charge in [0.25, 0.3) is 0 Å². The highest BCUT2D eigenvalue weighted by Gasteiger charge is 2.17. The SMILES string of the molecule is NC(=NCc1ccccc1)N1CCNC(=O)C1. The molecule has 90 valence electrons. The van der Waals surface area contributed by atoms with E-state index in [4.69, 9.17) is 5.73 Å². The molecule has 0 saturated carbocycles. The second kappa shape index (κ2) is 5.34. The lowest BCUT2D eigenvalue weighted by atomic mass is 10.2. The molecule has 0 radical (unpaired) electrons. The lowest BCUT2D eigenvalue weighted by molar-refractivity contribution is -0.122.